The Kier molecular flexibility index (Phi) is 6.42. The summed E-state index contributed by atoms with van der Waals surface area (Å²) in [5.41, 5.74) is 18.0. The molecule has 0 amide bonds. The van der Waals surface area contributed by atoms with Crippen LogP contribution in [0.5, 0.6) is 0 Å². The van der Waals surface area contributed by atoms with Crippen LogP contribution in [0.1, 0.15) is 49.9 Å². The molecule has 0 N–H and O–H groups in total. The van der Waals surface area contributed by atoms with Gasteiger partial charge in [-0.05, 0) is 118 Å². The van der Waals surface area contributed by atoms with Gasteiger partial charge in [0.25, 0.3) is 0 Å². The van der Waals surface area contributed by atoms with Gasteiger partial charge >= 0.3 is 0 Å². The number of hydrogen-bond donors (Lipinski definition) is 0. The highest BCUT2D eigenvalue weighted by Crippen LogP contribution is 2.53. The zero-order chi connectivity index (χ0) is 36.3. The first-order valence-corrected chi connectivity index (χ1v) is 19.1. The highest BCUT2D eigenvalue weighted by atomic mass is 14.7. The molecule has 0 spiro atoms. The van der Waals surface area contributed by atoms with Gasteiger partial charge in [0.15, 0.2) is 0 Å². The molecule has 11 rings (SSSR count). The van der Waals surface area contributed by atoms with E-state index in [1.807, 2.05) is 6.20 Å². The number of aromatic nitrogens is 1. The Morgan fingerprint density at radius 2 is 0.833 bits per heavy atom. The minimum atomic E-state index is -0.0969. The summed E-state index contributed by atoms with van der Waals surface area (Å²) in [5, 5.41) is 7.28. The number of hydrogen-bond acceptors (Lipinski definition) is 1. The van der Waals surface area contributed by atoms with Crippen LogP contribution in [-0.2, 0) is 10.8 Å². The van der Waals surface area contributed by atoms with E-state index in [2.05, 4.69) is 185 Å². The Morgan fingerprint density at radius 3 is 1.52 bits per heavy atom. The highest BCUT2D eigenvalue weighted by Gasteiger charge is 2.37. The van der Waals surface area contributed by atoms with Crippen molar-refractivity contribution in [2.45, 2.75) is 38.5 Å². The van der Waals surface area contributed by atoms with Gasteiger partial charge in [-0.1, -0.05) is 161 Å². The first-order chi connectivity index (χ1) is 26.3. The van der Waals surface area contributed by atoms with Crippen molar-refractivity contribution >= 4 is 32.3 Å². The van der Waals surface area contributed by atoms with Crippen molar-refractivity contribution in [1.29, 1.82) is 0 Å². The third-order valence-electron chi connectivity index (χ3n) is 12.7. The van der Waals surface area contributed by atoms with E-state index in [4.69, 9.17) is 4.98 Å². The zero-order valence-electron chi connectivity index (χ0n) is 31.0. The second kappa shape index (κ2) is 11.1. The molecule has 0 saturated carbocycles. The lowest BCUT2D eigenvalue weighted by atomic mass is 9.80. The fourth-order valence-corrected chi connectivity index (χ4v) is 9.99. The van der Waals surface area contributed by atoms with Crippen LogP contribution >= 0.6 is 0 Å². The Bertz CT molecular complexity index is 3040. The van der Waals surface area contributed by atoms with Crippen molar-refractivity contribution in [2.24, 2.45) is 0 Å². The van der Waals surface area contributed by atoms with Crippen LogP contribution in [0.25, 0.3) is 88.1 Å². The van der Waals surface area contributed by atoms with Crippen LogP contribution < -0.4 is 0 Å². The van der Waals surface area contributed by atoms with E-state index in [9.17, 15) is 0 Å². The van der Waals surface area contributed by atoms with E-state index >= 15 is 0 Å². The second-order valence-corrected chi connectivity index (χ2v) is 16.3. The molecule has 1 heteroatoms. The quantitative estimate of drug-likeness (QED) is 0.168. The van der Waals surface area contributed by atoms with E-state index < -0.39 is 0 Å². The Balaban J connectivity index is 1.21. The molecule has 1 nitrogen and oxygen atoms in total. The van der Waals surface area contributed by atoms with Gasteiger partial charge in [-0.3, -0.25) is 4.98 Å². The van der Waals surface area contributed by atoms with Crippen molar-refractivity contribution in [3.05, 3.63) is 186 Å². The van der Waals surface area contributed by atoms with E-state index in [1.165, 1.54) is 105 Å². The van der Waals surface area contributed by atoms with Gasteiger partial charge in [0.1, 0.15) is 0 Å². The minimum absolute atomic E-state index is 0.0673. The van der Waals surface area contributed by atoms with Crippen molar-refractivity contribution < 1.29 is 0 Å². The zero-order valence-corrected chi connectivity index (χ0v) is 31.0. The first-order valence-electron chi connectivity index (χ1n) is 19.1. The van der Waals surface area contributed by atoms with Gasteiger partial charge in [-0.2, -0.15) is 0 Å². The van der Waals surface area contributed by atoms with Gasteiger partial charge in [0, 0.05) is 28.0 Å². The van der Waals surface area contributed by atoms with Gasteiger partial charge in [-0.25, -0.2) is 0 Å². The van der Waals surface area contributed by atoms with E-state index in [0.717, 1.165) is 5.69 Å². The number of benzene rings is 8. The van der Waals surface area contributed by atoms with E-state index in [1.54, 1.807) is 0 Å². The molecule has 2 aliphatic carbocycles. The summed E-state index contributed by atoms with van der Waals surface area (Å²) in [6.45, 7) is 9.48. The second-order valence-electron chi connectivity index (χ2n) is 16.3. The number of rotatable bonds is 3. The molecule has 256 valence electrons. The van der Waals surface area contributed by atoms with Crippen molar-refractivity contribution in [3.63, 3.8) is 0 Å². The lowest BCUT2D eigenvalue weighted by molar-refractivity contribution is 0.660. The van der Waals surface area contributed by atoms with Crippen LogP contribution in [0.2, 0.25) is 0 Å². The maximum Gasteiger partial charge on any atom is 0.0792 e. The van der Waals surface area contributed by atoms with Crippen LogP contribution in [0.15, 0.2) is 164 Å². The molecular weight excluding hydrogens is 651 g/mol. The summed E-state index contributed by atoms with van der Waals surface area (Å²) < 4.78 is 0. The van der Waals surface area contributed by atoms with Gasteiger partial charge < -0.3 is 0 Å². The molecule has 1 heterocycles. The maximum atomic E-state index is 5.12. The molecule has 0 unspecified atom stereocenters. The van der Waals surface area contributed by atoms with Crippen molar-refractivity contribution in [2.75, 3.05) is 0 Å². The third kappa shape index (κ3) is 4.24. The summed E-state index contributed by atoms with van der Waals surface area (Å²) in [4.78, 5) is 5.12. The van der Waals surface area contributed by atoms with Crippen molar-refractivity contribution in [3.8, 4) is 55.8 Å². The summed E-state index contributed by atoms with van der Waals surface area (Å²) in [5.74, 6) is 0. The smallest absolute Gasteiger partial charge is 0.0792 e. The Morgan fingerprint density at radius 1 is 0.352 bits per heavy atom. The molecule has 0 radical (unpaired) electrons. The molecule has 8 aromatic carbocycles. The topological polar surface area (TPSA) is 12.9 Å². The van der Waals surface area contributed by atoms with Crippen molar-refractivity contribution in [1.82, 2.24) is 4.98 Å². The minimum Gasteiger partial charge on any atom is -0.256 e. The number of nitrogens with zero attached hydrogens (tertiary/aromatic N) is 1. The van der Waals surface area contributed by atoms with Crippen LogP contribution in [0.4, 0.5) is 0 Å². The van der Waals surface area contributed by atoms with E-state index in [-0.39, 0.29) is 10.8 Å². The lowest BCUT2D eigenvalue weighted by Crippen LogP contribution is -2.15. The fourth-order valence-electron chi connectivity index (χ4n) is 9.99. The molecule has 0 bridgehead atoms. The molecule has 2 aliphatic rings. The largest absolute Gasteiger partial charge is 0.256 e. The monoisotopic (exact) mass is 689 g/mol. The van der Waals surface area contributed by atoms with Crippen LogP contribution in [-0.4, -0.2) is 4.98 Å². The molecule has 54 heavy (non-hydrogen) atoms. The lowest BCUT2D eigenvalue weighted by Gasteiger charge is -2.23. The van der Waals surface area contributed by atoms with Gasteiger partial charge in [0.2, 0.25) is 0 Å². The average molecular weight is 690 g/mol. The average Bonchev–Trinajstić information content (AvgIpc) is 3.58. The molecule has 1 aromatic heterocycles. The Labute approximate surface area is 316 Å². The first kappa shape index (κ1) is 31.2. The van der Waals surface area contributed by atoms with Crippen LogP contribution in [0, 0.1) is 0 Å². The summed E-state index contributed by atoms with van der Waals surface area (Å²) in [6, 6.07) is 59.0. The predicted octanol–water partition coefficient (Wildman–Crippen LogP) is 14.2. The maximum absolute atomic E-state index is 5.12. The SMILES string of the molecule is CC1(C)c2ccccc2-c2ccc(-c3ccc4c(-c5nccc6ccccc56)c5ccccc5c(-c5ccc6c(c5)C(C)(C)c5ccccc5-6)c4c3)cc21. The molecule has 0 saturated heterocycles. The molecule has 0 aliphatic heterocycles. The standard InChI is InChI=1S/C53H39N/c1-52(2)45-19-11-9-15-37(45)39-24-21-34(30-47(39)52)33-22-26-43-44(29-33)49(35-23-25-40-38-16-10-12-20-46(38)53(3,4)48(40)31-35)41-17-7-8-18-42(41)50(43)51-36-14-6-5-13-32(36)27-28-54-51/h5-31H,1-4H3. The summed E-state index contributed by atoms with van der Waals surface area (Å²) in [6.07, 6.45) is 1.96. The molecular formula is C53H39N. The summed E-state index contributed by atoms with van der Waals surface area (Å²) in [7, 11) is 0. The highest BCUT2D eigenvalue weighted by molar-refractivity contribution is 6.23. The third-order valence-corrected chi connectivity index (χ3v) is 12.7. The molecule has 0 fully saturated rings. The van der Waals surface area contributed by atoms with Gasteiger partial charge in [-0.15, -0.1) is 0 Å². The summed E-state index contributed by atoms with van der Waals surface area (Å²) >= 11 is 0. The predicted molar refractivity (Wildman–Crippen MR) is 228 cm³/mol. The van der Waals surface area contributed by atoms with Crippen LogP contribution in [0.3, 0.4) is 0 Å². The molecule has 0 atom stereocenters. The fraction of sp³-hybridized carbons (Fsp3) is 0.113. The normalized spacial score (nSPS) is 14.6. The number of pyridine rings is 1. The van der Waals surface area contributed by atoms with E-state index in [0.29, 0.717) is 0 Å². The van der Waals surface area contributed by atoms with Gasteiger partial charge in [0.05, 0.1) is 5.69 Å². The Hall–Kier alpha value is -6.31. The number of fused-ring (bicyclic) bond motifs is 9. The molecule has 9 aromatic rings.